The van der Waals surface area contributed by atoms with Crippen molar-refractivity contribution in [3.8, 4) is 44.6 Å². The minimum absolute atomic E-state index is 0.955. The third-order valence-corrected chi connectivity index (χ3v) is 9.07. The number of pyridine rings is 2. The van der Waals surface area contributed by atoms with E-state index < -0.39 is 0 Å². The lowest BCUT2D eigenvalue weighted by Gasteiger charge is -2.20. The standard InChI is InChI=1S/C44H32N2/c1-3-11-30-26-31(20-19-29(30)2)43-37-15-6-8-17-39(37)44(40-18-9-7-16-38(40)43)41-23-22-36(34-13-4-5-14-35(34)41)42-24-21-33(28-46-42)32-12-10-25-45-27-32/h3-28H,1-2H3/b11-3-. The molecule has 0 spiro atoms. The van der Waals surface area contributed by atoms with E-state index in [2.05, 4.69) is 152 Å². The number of aromatic nitrogens is 2. The lowest BCUT2D eigenvalue weighted by molar-refractivity contribution is 1.30. The molecule has 0 aliphatic carbocycles. The quantitative estimate of drug-likeness (QED) is 0.187. The second-order valence-electron chi connectivity index (χ2n) is 11.8. The van der Waals surface area contributed by atoms with Crippen LogP contribution in [0.25, 0.3) is 83.0 Å². The lowest BCUT2D eigenvalue weighted by Crippen LogP contribution is -1.93. The Kier molecular flexibility index (Phi) is 6.96. The molecule has 6 aromatic carbocycles. The highest BCUT2D eigenvalue weighted by Gasteiger charge is 2.19. The first-order chi connectivity index (χ1) is 22.7. The van der Waals surface area contributed by atoms with Crippen molar-refractivity contribution < 1.29 is 0 Å². The van der Waals surface area contributed by atoms with Crippen molar-refractivity contribution in [2.45, 2.75) is 13.8 Å². The molecule has 0 fully saturated rings. The first-order valence-corrected chi connectivity index (χ1v) is 15.8. The zero-order valence-electron chi connectivity index (χ0n) is 25.9. The Balaban J connectivity index is 1.36. The predicted molar refractivity (Wildman–Crippen MR) is 196 cm³/mol. The molecule has 0 saturated heterocycles. The van der Waals surface area contributed by atoms with E-state index in [1.807, 2.05) is 18.5 Å². The highest BCUT2D eigenvalue weighted by molar-refractivity contribution is 6.24. The van der Waals surface area contributed by atoms with Gasteiger partial charge in [0.15, 0.2) is 0 Å². The zero-order valence-corrected chi connectivity index (χ0v) is 25.9. The molecular weight excluding hydrogens is 556 g/mol. The number of benzene rings is 6. The van der Waals surface area contributed by atoms with Crippen LogP contribution in [0, 0.1) is 6.92 Å². The summed E-state index contributed by atoms with van der Waals surface area (Å²) in [6.07, 6.45) is 9.93. The Labute approximate surface area is 269 Å². The minimum atomic E-state index is 0.955. The highest BCUT2D eigenvalue weighted by atomic mass is 14.7. The second kappa shape index (κ2) is 11.6. The average Bonchev–Trinajstić information content (AvgIpc) is 3.12. The van der Waals surface area contributed by atoms with Gasteiger partial charge in [-0.1, -0.05) is 121 Å². The number of allylic oxidation sites excluding steroid dienone is 1. The number of nitrogens with zero attached hydrogens (tertiary/aromatic N) is 2. The molecule has 0 aliphatic heterocycles. The third-order valence-electron chi connectivity index (χ3n) is 9.07. The fourth-order valence-electron chi connectivity index (χ4n) is 6.88. The van der Waals surface area contributed by atoms with E-state index in [4.69, 9.17) is 4.98 Å². The number of rotatable bonds is 5. The number of aryl methyl sites for hydroxylation is 1. The van der Waals surface area contributed by atoms with E-state index in [1.165, 1.54) is 65.7 Å². The van der Waals surface area contributed by atoms with Gasteiger partial charge in [-0.15, -0.1) is 0 Å². The summed E-state index contributed by atoms with van der Waals surface area (Å²) in [4.78, 5) is 9.19. The maximum atomic E-state index is 4.92. The van der Waals surface area contributed by atoms with Gasteiger partial charge >= 0.3 is 0 Å². The van der Waals surface area contributed by atoms with Crippen molar-refractivity contribution >= 4 is 38.4 Å². The summed E-state index contributed by atoms with van der Waals surface area (Å²) in [7, 11) is 0. The minimum Gasteiger partial charge on any atom is -0.264 e. The molecule has 0 radical (unpaired) electrons. The van der Waals surface area contributed by atoms with Crippen LogP contribution in [-0.2, 0) is 0 Å². The molecule has 0 bridgehead atoms. The van der Waals surface area contributed by atoms with Crippen molar-refractivity contribution in [1.82, 2.24) is 9.97 Å². The maximum Gasteiger partial charge on any atom is 0.0708 e. The summed E-state index contributed by atoms with van der Waals surface area (Å²) in [5.74, 6) is 0. The Hall–Kier alpha value is -5.86. The molecule has 0 amide bonds. The predicted octanol–water partition coefficient (Wildman–Crippen LogP) is 11.9. The van der Waals surface area contributed by atoms with Crippen LogP contribution in [-0.4, -0.2) is 9.97 Å². The average molecular weight is 589 g/mol. The molecule has 2 nitrogen and oxygen atoms in total. The van der Waals surface area contributed by atoms with Gasteiger partial charge in [-0.05, 0) is 97.7 Å². The fraction of sp³-hybridized carbons (Fsp3) is 0.0455. The van der Waals surface area contributed by atoms with Crippen LogP contribution in [0.3, 0.4) is 0 Å². The summed E-state index contributed by atoms with van der Waals surface area (Å²) < 4.78 is 0. The monoisotopic (exact) mass is 588 g/mol. The van der Waals surface area contributed by atoms with Gasteiger partial charge < -0.3 is 0 Å². The van der Waals surface area contributed by atoms with Gasteiger partial charge in [0.1, 0.15) is 0 Å². The molecule has 0 atom stereocenters. The van der Waals surface area contributed by atoms with Crippen LogP contribution in [0.5, 0.6) is 0 Å². The van der Waals surface area contributed by atoms with Crippen LogP contribution in [0.1, 0.15) is 18.1 Å². The molecule has 0 saturated carbocycles. The molecule has 2 heterocycles. The second-order valence-corrected chi connectivity index (χ2v) is 11.8. The van der Waals surface area contributed by atoms with Crippen LogP contribution >= 0.6 is 0 Å². The summed E-state index contributed by atoms with van der Waals surface area (Å²) in [5, 5.41) is 7.42. The summed E-state index contributed by atoms with van der Waals surface area (Å²) >= 11 is 0. The van der Waals surface area contributed by atoms with Gasteiger partial charge in [-0.3, -0.25) is 9.97 Å². The molecule has 8 aromatic rings. The van der Waals surface area contributed by atoms with E-state index >= 15 is 0 Å². The summed E-state index contributed by atoms with van der Waals surface area (Å²) in [6, 6.07) is 46.1. The molecule has 0 aliphatic rings. The van der Waals surface area contributed by atoms with Gasteiger partial charge in [0.05, 0.1) is 5.69 Å². The summed E-state index contributed by atoms with van der Waals surface area (Å²) in [6.45, 7) is 4.26. The number of fused-ring (bicyclic) bond motifs is 3. The van der Waals surface area contributed by atoms with E-state index in [-0.39, 0.29) is 0 Å². The van der Waals surface area contributed by atoms with Crippen LogP contribution in [0.4, 0.5) is 0 Å². The topological polar surface area (TPSA) is 25.8 Å². The first kappa shape index (κ1) is 27.7. The molecule has 8 rings (SSSR count). The Bertz CT molecular complexity index is 2360. The molecule has 218 valence electrons. The van der Waals surface area contributed by atoms with Crippen molar-refractivity contribution in [1.29, 1.82) is 0 Å². The van der Waals surface area contributed by atoms with Crippen LogP contribution < -0.4 is 0 Å². The Morgan fingerprint density at radius 1 is 0.500 bits per heavy atom. The van der Waals surface area contributed by atoms with Crippen molar-refractivity contribution in [3.63, 3.8) is 0 Å². The van der Waals surface area contributed by atoms with Crippen molar-refractivity contribution in [2.24, 2.45) is 0 Å². The smallest absolute Gasteiger partial charge is 0.0708 e. The fourth-order valence-corrected chi connectivity index (χ4v) is 6.88. The van der Waals surface area contributed by atoms with E-state index in [0.29, 0.717) is 0 Å². The lowest BCUT2D eigenvalue weighted by atomic mass is 9.83. The molecule has 0 N–H and O–H groups in total. The molecule has 2 heteroatoms. The normalized spacial score (nSPS) is 11.6. The molecule has 0 unspecified atom stereocenters. The largest absolute Gasteiger partial charge is 0.264 e. The van der Waals surface area contributed by atoms with Crippen LogP contribution in [0.2, 0.25) is 0 Å². The molecule has 46 heavy (non-hydrogen) atoms. The summed E-state index contributed by atoms with van der Waals surface area (Å²) in [5.41, 5.74) is 11.7. The SMILES string of the molecule is C/C=C\c1cc(-c2c3ccccc3c(-c3ccc(-c4ccc(-c5cccnc5)cn4)c4ccccc34)c3ccccc23)ccc1C. The van der Waals surface area contributed by atoms with Crippen molar-refractivity contribution in [3.05, 3.63) is 163 Å². The van der Waals surface area contributed by atoms with E-state index in [0.717, 1.165) is 22.4 Å². The third kappa shape index (κ3) is 4.67. The maximum absolute atomic E-state index is 4.92. The van der Waals surface area contributed by atoms with Crippen LogP contribution in [0.15, 0.2) is 152 Å². The van der Waals surface area contributed by atoms with E-state index in [1.54, 1.807) is 6.20 Å². The zero-order chi connectivity index (χ0) is 31.0. The van der Waals surface area contributed by atoms with Gasteiger partial charge in [0.2, 0.25) is 0 Å². The molecular formula is C44H32N2. The number of hydrogen-bond acceptors (Lipinski definition) is 2. The van der Waals surface area contributed by atoms with Gasteiger partial charge in [0, 0.05) is 35.3 Å². The number of hydrogen-bond donors (Lipinski definition) is 0. The van der Waals surface area contributed by atoms with Gasteiger partial charge in [-0.2, -0.15) is 0 Å². The highest BCUT2D eigenvalue weighted by Crippen LogP contribution is 2.46. The molecule has 2 aromatic heterocycles. The Morgan fingerprint density at radius 3 is 1.70 bits per heavy atom. The van der Waals surface area contributed by atoms with Gasteiger partial charge in [0.25, 0.3) is 0 Å². The Morgan fingerprint density at radius 2 is 1.09 bits per heavy atom. The van der Waals surface area contributed by atoms with E-state index in [9.17, 15) is 0 Å². The van der Waals surface area contributed by atoms with Crippen molar-refractivity contribution in [2.75, 3.05) is 0 Å². The van der Waals surface area contributed by atoms with Gasteiger partial charge in [-0.25, -0.2) is 0 Å². The first-order valence-electron chi connectivity index (χ1n) is 15.8.